The summed E-state index contributed by atoms with van der Waals surface area (Å²) in [6.07, 6.45) is 0. The predicted molar refractivity (Wildman–Crippen MR) is 51.9 cm³/mol. The second-order valence-corrected chi connectivity index (χ2v) is 2.63. The van der Waals surface area contributed by atoms with Crippen molar-refractivity contribution in [3.8, 4) is 0 Å². The van der Waals surface area contributed by atoms with E-state index in [9.17, 15) is 0 Å². The highest BCUT2D eigenvalue weighted by molar-refractivity contribution is 7.80. The summed E-state index contributed by atoms with van der Waals surface area (Å²) in [4.78, 5) is 0.438. The van der Waals surface area contributed by atoms with Gasteiger partial charge in [0.05, 0.1) is 0 Å². The number of nitrogens with two attached hydrogens (primary N) is 1. The fraction of sp³-hybridized carbons (Fsp3) is 0.125. The van der Waals surface area contributed by atoms with E-state index in [0.717, 1.165) is 11.3 Å². The lowest BCUT2D eigenvalue weighted by Gasteiger charge is -2.00. The van der Waals surface area contributed by atoms with Gasteiger partial charge in [-0.1, -0.05) is 12.2 Å². The quantitative estimate of drug-likeness (QED) is 0.651. The number of benzene rings is 1. The molecule has 0 aliphatic heterocycles. The summed E-state index contributed by atoms with van der Waals surface area (Å²) in [5.74, 6) is 0. The van der Waals surface area contributed by atoms with Crippen molar-refractivity contribution in [2.75, 3.05) is 12.4 Å². The van der Waals surface area contributed by atoms with Crippen LogP contribution in [0.2, 0.25) is 0 Å². The Kier molecular flexibility index (Phi) is 2.44. The molecule has 0 spiro atoms. The summed E-state index contributed by atoms with van der Waals surface area (Å²) >= 11 is 4.80. The molecule has 2 nitrogen and oxygen atoms in total. The Balaban J connectivity index is 2.91. The summed E-state index contributed by atoms with van der Waals surface area (Å²) in [6, 6.07) is 7.67. The number of hydrogen-bond donors (Lipinski definition) is 2. The van der Waals surface area contributed by atoms with E-state index in [4.69, 9.17) is 18.0 Å². The molecule has 0 atom stereocenters. The molecule has 1 aromatic rings. The smallest absolute Gasteiger partial charge is 0.103 e. The Hall–Kier alpha value is -1.09. The molecule has 0 unspecified atom stereocenters. The first-order chi connectivity index (χ1) is 5.24. The summed E-state index contributed by atoms with van der Waals surface area (Å²) in [7, 11) is 1.87. The van der Waals surface area contributed by atoms with Gasteiger partial charge >= 0.3 is 0 Å². The Morgan fingerprint density at radius 2 is 1.91 bits per heavy atom. The maximum atomic E-state index is 5.42. The van der Waals surface area contributed by atoms with E-state index in [1.807, 2.05) is 31.3 Å². The van der Waals surface area contributed by atoms with E-state index in [0.29, 0.717) is 4.99 Å². The molecule has 0 fully saturated rings. The molecule has 1 rings (SSSR count). The van der Waals surface area contributed by atoms with Crippen LogP contribution in [-0.4, -0.2) is 12.0 Å². The van der Waals surface area contributed by atoms with E-state index in [1.54, 1.807) is 0 Å². The first-order valence-corrected chi connectivity index (χ1v) is 3.72. The standard InChI is InChI=1S/C8H10N2S/c1-10-7-4-2-6(3-5-7)8(9)11/h2-5,10H,1H3,(H2,9,11). The molecule has 3 N–H and O–H groups in total. The van der Waals surface area contributed by atoms with Gasteiger partial charge in [-0.2, -0.15) is 0 Å². The summed E-state index contributed by atoms with van der Waals surface area (Å²) in [5.41, 5.74) is 7.38. The fourth-order valence-electron chi connectivity index (χ4n) is 0.801. The van der Waals surface area contributed by atoms with E-state index in [1.165, 1.54) is 0 Å². The number of rotatable bonds is 2. The topological polar surface area (TPSA) is 38.0 Å². The SMILES string of the molecule is CNc1ccc(C(N)=S)cc1. The van der Waals surface area contributed by atoms with E-state index < -0.39 is 0 Å². The van der Waals surface area contributed by atoms with Crippen molar-refractivity contribution in [1.29, 1.82) is 0 Å². The number of anilines is 1. The summed E-state index contributed by atoms with van der Waals surface area (Å²) < 4.78 is 0. The summed E-state index contributed by atoms with van der Waals surface area (Å²) in [6.45, 7) is 0. The molecular formula is C8H10N2S. The van der Waals surface area contributed by atoms with Gasteiger partial charge in [-0.15, -0.1) is 0 Å². The average Bonchev–Trinajstić information content (AvgIpc) is 2.05. The van der Waals surface area contributed by atoms with Gasteiger partial charge in [0.25, 0.3) is 0 Å². The maximum absolute atomic E-state index is 5.42. The largest absolute Gasteiger partial charge is 0.389 e. The normalized spacial score (nSPS) is 9.18. The second-order valence-electron chi connectivity index (χ2n) is 2.19. The lowest BCUT2D eigenvalue weighted by Crippen LogP contribution is -2.08. The highest BCUT2D eigenvalue weighted by Crippen LogP contribution is 2.07. The lowest BCUT2D eigenvalue weighted by atomic mass is 10.2. The molecule has 11 heavy (non-hydrogen) atoms. The van der Waals surface area contributed by atoms with Crippen molar-refractivity contribution < 1.29 is 0 Å². The average molecular weight is 166 g/mol. The highest BCUT2D eigenvalue weighted by Gasteiger charge is 1.93. The minimum Gasteiger partial charge on any atom is -0.389 e. The number of nitrogens with one attached hydrogen (secondary N) is 1. The Bertz CT molecular complexity index is 253. The fourth-order valence-corrected chi connectivity index (χ4v) is 0.937. The Labute approximate surface area is 71.4 Å². The molecule has 0 aliphatic carbocycles. The van der Waals surface area contributed by atoms with Gasteiger partial charge in [-0.25, -0.2) is 0 Å². The van der Waals surface area contributed by atoms with Gasteiger partial charge in [0.2, 0.25) is 0 Å². The first kappa shape index (κ1) is 8.01. The zero-order valence-electron chi connectivity index (χ0n) is 6.29. The molecule has 0 bridgehead atoms. The van der Waals surface area contributed by atoms with Crippen LogP contribution >= 0.6 is 12.2 Å². The van der Waals surface area contributed by atoms with Crippen molar-refractivity contribution in [3.63, 3.8) is 0 Å². The summed E-state index contributed by atoms with van der Waals surface area (Å²) in [5, 5.41) is 3.01. The minimum atomic E-state index is 0.438. The van der Waals surface area contributed by atoms with Crippen LogP contribution in [-0.2, 0) is 0 Å². The van der Waals surface area contributed by atoms with E-state index >= 15 is 0 Å². The third kappa shape index (κ3) is 1.91. The Morgan fingerprint density at radius 3 is 2.27 bits per heavy atom. The first-order valence-electron chi connectivity index (χ1n) is 3.31. The van der Waals surface area contributed by atoms with Gasteiger partial charge in [0, 0.05) is 18.3 Å². The van der Waals surface area contributed by atoms with Crippen LogP contribution in [0.5, 0.6) is 0 Å². The zero-order valence-corrected chi connectivity index (χ0v) is 7.11. The van der Waals surface area contributed by atoms with E-state index in [-0.39, 0.29) is 0 Å². The lowest BCUT2D eigenvalue weighted by molar-refractivity contribution is 1.50. The van der Waals surface area contributed by atoms with Gasteiger partial charge in [-0.05, 0) is 24.3 Å². The van der Waals surface area contributed by atoms with Crippen LogP contribution in [0.3, 0.4) is 0 Å². The third-order valence-electron chi connectivity index (χ3n) is 1.46. The van der Waals surface area contributed by atoms with Crippen LogP contribution in [0.1, 0.15) is 5.56 Å². The molecule has 3 heteroatoms. The third-order valence-corrected chi connectivity index (χ3v) is 1.69. The monoisotopic (exact) mass is 166 g/mol. The van der Waals surface area contributed by atoms with Gasteiger partial charge in [0.1, 0.15) is 4.99 Å². The molecule has 58 valence electrons. The predicted octanol–water partition coefficient (Wildman–Crippen LogP) is 1.36. The van der Waals surface area contributed by atoms with Gasteiger partial charge < -0.3 is 11.1 Å². The molecular weight excluding hydrogens is 156 g/mol. The van der Waals surface area contributed by atoms with Crippen molar-refractivity contribution in [2.24, 2.45) is 5.73 Å². The molecule has 0 aliphatic rings. The van der Waals surface area contributed by atoms with Crippen LogP contribution in [0.4, 0.5) is 5.69 Å². The van der Waals surface area contributed by atoms with Crippen LogP contribution < -0.4 is 11.1 Å². The number of thiocarbonyl (C=S) groups is 1. The minimum absolute atomic E-state index is 0.438. The molecule has 1 aromatic carbocycles. The van der Waals surface area contributed by atoms with Crippen molar-refractivity contribution in [2.45, 2.75) is 0 Å². The van der Waals surface area contributed by atoms with Crippen LogP contribution in [0.25, 0.3) is 0 Å². The van der Waals surface area contributed by atoms with Crippen molar-refractivity contribution >= 4 is 22.9 Å². The molecule has 0 amide bonds. The van der Waals surface area contributed by atoms with Gasteiger partial charge in [-0.3, -0.25) is 0 Å². The molecule has 0 aromatic heterocycles. The van der Waals surface area contributed by atoms with Crippen LogP contribution in [0, 0.1) is 0 Å². The zero-order chi connectivity index (χ0) is 8.27. The van der Waals surface area contributed by atoms with E-state index in [2.05, 4.69) is 5.32 Å². The molecule has 0 heterocycles. The molecule has 0 saturated heterocycles. The van der Waals surface area contributed by atoms with Crippen molar-refractivity contribution in [1.82, 2.24) is 0 Å². The van der Waals surface area contributed by atoms with Crippen molar-refractivity contribution in [3.05, 3.63) is 29.8 Å². The van der Waals surface area contributed by atoms with Crippen LogP contribution in [0.15, 0.2) is 24.3 Å². The van der Waals surface area contributed by atoms with Gasteiger partial charge in [0.15, 0.2) is 0 Å². The Morgan fingerprint density at radius 1 is 1.36 bits per heavy atom. The highest BCUT2D eigenvalue weighted by atomic mass is 32.1. The maximum Gasteiger partial charge on any atom is 0.103 e. The molecule has 0 radical (unpaired) electrons. The second kappa shape index (κ2) is 3.34. The molecule has 0 saturated carbocycles. The number of hydrogen-bond acceptors (Lipinski definition) is 2.